The van der Waals surface area contributed by atoms with Crippen LogP contribution in [-0.2, 0) is 17.3 Å². The maximum atomic E-state index is 14.8. The van der Waals surface area contributed by atoms with E-state index >= 15 is 0 Å². The van der Waals surface area contributed by atoms with E-state index in [9.17, 15) is 8.78 Å². The highest BCUT2D eigenvalue weighted by Gasteiger charge is 2.33. The van der Waals surface area contributed by atoms with E-state index in [0.717, 1.165) is 42.7 Å². The zero-order valence-corrected chi connectivity index (χ0v) is 24.2. The standard InChI is InChI=1S/C36H50F2O/c1-3-5-6-7-8-9-29-12-18-32(19-13-29)33-20-14-30(15-21-33)26-27-39-36(37,38)35-24-22-34(23-25-35)31-16-10-28(4-2)11-17-31/h4,14-15,20-25,28-29,31-32H,2-3,5-13,16-19,26-27H2,1H3. The molecule has 0 radical (unpaired) electrons. The van der Waals surface area contributed by atoms with Crippen LogP contribution in [-0.4, -0.2) is 6.61 Å². The summed E-state index contributed by atoms with van der Waals surface area (Å²) in [6.07, 6.45) is 17.3. The average molecular weight is 537 g/mol. The number of hydrogen-bond acceptors (Lipinski definition) is 1. The second-order valence-electron chi connectivity index (χ2n) is 12.2. The van der Waals surface area contributed by atoms with Crippen molar-refractivity contribution in [1.82, 2.24) is 0 Å². The summed E-state index contributed by atoms with van der Waals surface area (Å²) in [6, 6.07) is 15.5. The van der Waals surface area contributed by atoms with Crippen molar-refractivity contribution in [2.45, 2.75) is 121 Å². The minimum absolute atomic E-state index is 0.00301. The van der Waals surface area contributed by atoms with Gasteiger partial charge in [-0.25, -0.2) is 0 Å². The highest BCUT2D eigenvalue weighted by atomic mass is 19.3. The van der Waals surface area contributed by atoms with Crippen LogP contribution in [0.1, 0.15) is 131 Å². The van der Waals surface area contributed by atoms with Crippen LogP contribution < -0.4 is 0 Å². The Morgan fingerprint density at radius 2 is 1.33 bits per heavy atom. The predicted octanol–water partition coefficient (Wildman–Crippen LogP) is 11.1. The predicted molar refractivity (Wildman–Crippen MR) is 159 cm³/mol. The first-order valence-electron chi connectivity index (χ1n) is 15.8. The fraction of sp³-hybridized carbons (Fsp3) is 0.611. The Hall–Kier alpha value is -2.00. The summed E-state index contributed by atoms with van der Waals surface area (Å²) in [7, 11) is 0. The number of allylic oxidation sites excluding steroid dienone is 1. The van der Waals surface area contributed by atoms with Gasteiger partial charge in [-0.05, 0) is 98.1 Å². The van der Waals surface area contributed by atoms with Crippen molar-refractivity contribution in [3.63, 3.8) is 0 Å². The lowest BCUT2D eigenvalue weighted by Crippen LogP contribution is -2.20. The smallest absolute Gasteiger partial charge is 0.316 e. The van der Waals surface area contributed by atoms with Crippen molar-refractivity contribution >= 4 is 0 Å². The summed E-state index contributed by atoms with van der Waals surface area (Å²) < 4.78 is 34.6. The molecule has 2 aliphatic rings. The first-order valence-corrected chi connectivity index (χ1v) is 15.8. The van der Waals surface area contributed by atoms with Gasteiger partial charge in [-0.1, -0.05) is 100 Å². The summed E-state index contributed by atoms with van der Waals surface area (Å²) in [5, 5.41) is 0. The second-order valence-corrected chi connectivity index (χ2v) is 12.2. The summed E-state index contributed by atoms with van der Waals surface area (Å²) >= 11 is 0. The molecule has 0 N–H and O–H groups in total. The number of benzene rings is 2. The number of unbranched alkanes of at least 4 members (excludes halogenated alkanes) is 4. The van der Waals surface area contributed by atoms with Crippen molar-refractivity contribution in [2.24, 2.45) is 11.8 Å². The van der Waals surface area contributed by atoms with Gasteiger partial charge in [0.25, 0.3) is 0 Å². The molecular weight excluding hydrogens is 486 g/mol. The van der Waals surface area contributed by atoms with Gasteiger partial charge in [0.2, 0.25) is 0 Å². The third kappa shape index (κ3) is 9.00. The van der Waals surface area contributed by atoms with Crippen LogP contribution in [0.5, 0.6) is 0 Å². The number of halogens is 2. The van der Waals surface area contributed by atoms with Gasteiger partial charge < -0.3 is 4.74 Å². The van der Waals surface area contributed by atoms with Crippen LogP contribution in [0.25, 0.3) is 0 Å². The third-order valence-electron chi connectivity index (χ3n) is 9.51. The Morgan fingerprint density at radius 3 is 1.92 bits per heavy atom. The van der Waals surface area contributed by atoms with Gasteiger partial charge in [0.05, 0.1) is 12.2 Å². The number of hydrogen-bond donors (Lipinski definition) is 0. The molecule has 0 heterocycles. The summed E-state index contributed by atoms with van der Waals surface area (Å²) in [4.78, 5) is 0. The molecule has 0 amide bonds. The van der Waals surface area contributed by atoms with Gasteiger partial charge in [0, 0.05) is 0 Å². The lowest BCUT2D eigenvalue weighted by atomic mass is 9.77. The van der Waals surface area contributed by atoms with Crippen molar-refractivity contribution < 1.29 is 13.5 Å². The highest BCUT2D eigenvalue weighted by Crippen LogP contribution is 2.39. The van der Waals surface area contributed by atoms with Crippen molar-refractivity contribution in [3.05, 3.63) is 83.4 Å². The molecule has 0 atom stereocenters. The minimum atomic E-state index is -3.27. The Balaban J connectivity index is 1.17. The number of alkyl halides is 2. The van der Waals surface area contributed by atoms with Crippen molar-refractivity contribution in [2.75, 3.05) is 6.61 Å². The molecule has 2 saturated carbocycles. The lowest BCUT2D eigenvalue weighted by molar-refractivity contribution is -0.248. The highest BCUT2D eigenvalue weighted by molar-refractivity contribution is 5.28. The molecule has 0 saturated heterocycles. The quantitative estimate of drug-likeness (QED) is 0.172. The molecule has 0 spiro atoms. The topological polar surface area (TPSA) is 9.23 Å². The SMILES string of the molecule is C=CC1CCC(c2ccc(C(F)(F)OCCc3ccc(C4CCC(CCCCCCC)CC4)cc3)cc2)CC1. The van der Waals surface area contributed by atoms with E-state index in [1.807, 2.05) is 18.2 Å². The third-order valence-corrected chi connectivity index (χ3v) is 9.51. The molecular formula is C36H50F2O. The summed E-state index contributed by atoms with van der Waals surface area (Å²) in [5.41, 5.74) is 3.57. The van der Waals surface area contributed by atoms with Gasteiger partial charge in [-0.15, -0.1) is 6.58 Å². The van der Waals surface area contributed by atoms with Gasteiger partial charge in [-0.2, -0.15) is 8.78 Å². The van der Waals surface area contributed by atoms with Gasteiger partial charge in [0.1, 0.15) is 0 Å². The van der Waals surface area contributed by atoms with E-state index in [4.69, 9.17) is 4.74 Å². The van der Waals surface area contributed by atoms with Gasteiger partial charge in [-0.3, -0.25) is 0 Å². The van der Waals surface area contributed by atoms with Gasteiger partial charge in [0.15, 0.2) is 0 Å². The molecule has 2 aromatic rings. The first kappa shape index (κ1) is 30.0. The zero-order valence-electron chi connectivity index (χ0n) is 24.2. The van der Waals surface area contributed by atoms with Crippen LogP contribution in [0.15, 0.2) is 61.2 Å². The lowest BCUT2D eigenvalue weighted by Gasteiger charge is -2.29. The van der Waals surface area contributed by atoms with Crippen LogP contribution in [0.2, 0.25) is 0 Å². The van der Waals surface area contributed by atoms with E-state index in [0.29, 0.717) is 24.2 Å². The number of ether oxygens (including phenoxy) is 1. The molecule has 1 nitrogen and oxygen atoms in total. The Kier molecular flexibility index (Phi) is 11.6. The largest absolute Gasteiger partial charge is 0.383 e. The normalized spacial score (nSPS) is 24.0. The first-order chi connectivity index (χ1) is 19.0. The molecule has 0 unspecified atom stereocenters. The fourth-order valence-electron chi connectivity index (χ4n) is 6.80. The van der Waals surface area contributed by atoms with Crippen LogP contribution in [0.3, 0.4) is 0 Å². The van der Waals surface area contributed by atoms with Crippen LogP contribution in [0, 0.1) is 11.8 Å². The second kappa shape index (κ2) is 15.1. The Morgan fingerprint density at radius 1 is 0.769 bits per heavy atom. The van der Waals surface area contributed by atoms with E-state index in [2.05, 4.69) is 37.8 Å². The van der Waals surface area contributed by atoms with Gasteiger partial charge >= 0.3 is 6.11 Å². The van der Waals surface area contributed by atoms with Crippen LogP contribution in [0.4, 0.5) is 8.78 Å². The molecule has 2 aromatic carbocycles. The molecule has 0 aliphatic heterocycles. The molecule has 2 aliphatic carbocycles. The summed E-state index contributed by atoms with van der Waals surface area (Å²) in [6.45, 7) is 6.18. The average Bonchev–Trinajstić information content (AvgIpc) is 2.98. The fourth-order valence-corrected chi connectivity index (χ4v) is 6.80. The molecule has 0 aromatic heterocycles. The Labute approximate surface area is 236 Å². The Bertz CT molecular complexity index is 964. The van der Waals surface area contributed by atoms with Crippen molar-refractivity contribution in [3.8, 4) is 0 Å². The van der Waals surface area contributed by atoms with Crippen molar-refractivity contribution in [1.29, 1.82) is 0 Å². The molecule has 4 rings (SSSR count). The molecule has 2 fully saturated rings. The van der Waals surface area contributed by atoms with E-state index < -0.39 is 6.11 Å². The minimum Gasteiger partial charge on any atom is -0.316 e. The molecule has 214 valence electrons. The molecule has 0 bridgehead atoms. The summed E-state index contributed by atoms with van der Waals surface area (Å²) in [5.74, 6) is 2.62. The number of rotatable bonds is 14. The maximum Gasteiger partial charge on any atom is 0.383 e. The monoisotopic (exact) mass is 536 g/mol. The zero-order chi connectivity index (χ0) is 27.5. The molecule has 39 heavy (non-hydrogen) atoms. The molecule has 3 heteroatoms. The van der Waals surface area contributed by atoms with E-state index in [1.54, 1.807) is 12.1 Å². The van der Waals surface area contributed by atoms with E-state index in [1.165, 1.54) is 69.8 Å². The van der Waals surface area contributed by atoms with Crippen LogP contribution >= 0.6 is 0 Å². The maximum absolute atomic E-state index is 14.8. The van der Waals surface area contributed by atoms with E-state index in [-0.39, 0.29) is 12.2 Å².